The quantitative estimate of drug-likeness (QED) is 0.189. The fourth-order valence-electron chi connectivity index (χ4n) is 3.12. The second-order valence-corrected chi connectivity index (χ2v) is 7.67. The Morgan fingerprint density at radius 2 is 1.72 bits per heavy atom. The first kappa shape index (κ1) is 27.1. The average molecular weight is 452 g/mol. The second-order valence-electron chi connectivity index (χ2n) is 7.67. The highest BCUT2D eigenvalue weighted by Crippen LogP contribution is 2.16. The van der Waals surface area contributed by atoms with Gasteiger partial charge in [0.25, 0.3) is 0 Å². The van der Waals surface area contributed by atoms with E-state index in [4.69, 9.17) is 11.5 Å². The molecule has 0 saturated heterocycles. The summed E-state index contributed by atoms with van der Waals surface area (Å²) in [5, 5.41) is 12.0. The van der Waals surface area contributed by atoms with Gasteiger partial charge in [-0.1, -0.05) is 6.42 Å². The number of unbranched alkanes of at least 4 members (excludes halogenated alkanes) is 1. The van der Waals surface area contributed by atoms with Gasteiger partial charge in [-0.15, -0.1) is 0 Å². The number of H-pyrrole nitrogens is 1. The number of carbonyl (C=O) groups excluding carboxylic acids is 4. The maximum Gasteiger partial charge on any atom is 0.306 e. The number of rotatable bonds is 18. The number of carboxylic acids is 1. The molecule has 0 fully saturated rings. The summed E-state index contributed by atoms with van der Waals surface area (Å²) in [6, 6.07) is -0.951. The normalized spacial score (nSPS) is 12.7. The molecule has 11 nitrogen and oxygen atoms in total. The molecule has 1 amide bonds. The maximum atomic E-state index is 12.8. The number of aliphatic carboxylic acids is 1. The predicted molar refractivity (Wildman–Crippen MR) is 115 cm³/mol. The molecule has 0 spiro atoms. The van der Waals surface area contributed by atoms with E-state index >= 15 is 0 Å². The van der Waals surface area contributed by atoms with Gasteiger partial charge in [-0.05, 0) is 19.4 Å². The number of Topliss-reactive ketones (excluding diaryl/α,β-unsaturated/α-hetero) is 3. The van der Waals surface area contributed by atoms with Crippen LogP contribution in [0.3, 0.4) is 0 Å². The SMILES string of the molecule is NCCCCC(CC(=O)C(Cc1cnc[nH]1)NC(=O)CCC(=O)CCC(=O)CN)C(=O)O. The van der Waals surface area contributed by atoms with Gasteiger partial charge in [0.2, 0.25) is 5.91 Å². The molecule has 178 valence electrons. The van der Waals surface area contributed by atoms with E-state index in [0.29, 0.717) is 31.5 Å². The van der Waals surface area contributed by atoms with Crippen molar-refractivity contribution < 1.29 is 29.1 Å². The lowest BCUT2D eigenvalue weighted by atomic mass is 9.92. The molecule has 0 aromatic carbocycles. The number of carboxylic acid groups (broad SMARTS) is 1. The van der Waals surface area contributed by atoms with E-state index in [1.54, 1.807) is 0 Å². The summed E-state index contributed by atoms with van der Waals surface area (Å²) < 4.78 is 0. The van der Waals surface area contributed by atoms with E-state index in [2.05, 4.69) is 15.3 Å². The fourth-order valence-corrected chi connectivity index (χ4v) is 3.12. The molecule has 32 heavy (non-hydrogen) atoms. The largest absolute Gasteiger partial charge is 0.481 e. The number of imidazole rings is 1. The van der Waals surface area contributed by atoms with Crippen LogP contribution in [-0.4, -0.2) is 63.4 Å². The van der Waals surface area contributed by atoms with Crippen LogP contribution >= 0.6 is 0 Å². The fraction of sp³-hybridized carbons (Fsp3) is 0.619. The molecular formula is C21H33N5O6. The monoisotopic (exact) mass is 451 g/mol. The van der Waals surface area contributed by atoms with Gasteiger partial charge in [0, 0.05) is 50.4 Å². The zero-order valence-corrected chi connectivity index (χ0v) is 18.2. The first-order valence-corrected chi connectivity index (χ1v) is 10.7. The molecule has 0 radical (unpaired) electrons. The summed E-state index contributed by atoms with van der Waals surface area (Å²) in [7, 11) is 0. The van der Waals surface area contributed by atoms with Gasteiger partial charge < -0.3 is 26.9 Å². The van der Waals surface area contributed by atoms with Gasteiger partial charge in [0.1, 0.15) is 11.6 Å². The third-order valence-electron chi connectivity index (χ3n) is 5.05. The molecular weight excluding hydrogens is 418 g/mol. The van der Waals surface area contributed by atoms with E-state index in [0.717, 1.165) is 0 Å². The lowest BCUT2D eigenvalue weighted by Gasteiger charge is -2.19. The van der Waals surface area contributed by atoms with Crippen LogP contribution in [0.15, 0.2) is 12.5 Å². The Morgan fingerprint density at radius 3 is 2.31 bits per heavy atom. The summed E-state index contributed by atoms with van der Waals surface area (Å²) in [6.07, 6.45) is 4.28. The van der Waals surface area contributed by atoms with Crippen LogP contribution in [-0.2, 0) is 30.4 Å². The van der Waals surface area contributed by atoms with E-state index in [9.17, 15) is 29.1 Å². The molecule has 0 saturated carbocycles. The number of hydrogen-bond donors (Lipinski definition) is 5. The highest BCUT2D eigenvalue weighted by atomic mass is 16.4. The highest BCUT2D eigenvalue weighted by Gasteiger charge is 2.28. The Morgan fingerprint density at radius 1 is 1.03 bits per heavy atom. The van der Waals surface area contributed by atoms with Crippen molar-refractivity contribution in [2.45, 2.75) is 63.8 Å². The molecule has 1 aromatic rings. The number of amides is 1. The van der Waals surface area contributed by atoms with Gasteiger partial charge in [-0.25, -0.2) is 4.98 Å². The van der Waals surface area contributed by atoms with Crippen LogP contribution in [0.1, 0.15) is 57.1 Å². The lowest BCUT2D eigenvalue weighted by Crippen LogP contribution is -2.43. The molecule has 1 heterocycles. The zero-order chi connectivity index (χ0) is 23.9. The van der Waals surface area contributed by atoms with Gasteiger partial charge in [-0.3, -0.25) is 24.0 Å². The van der Waals surface area contributed by atoms with Gasteiger partial charge in [0.15, 0.2) is 5.78 Å². The smallest absolute Gasteiger partial charge is 0.306 e. The molecule has 1 rings (SSSR count). The Kier molecular flexibility index (Phi) is 12.7. The molecule has 11 heteroatoms. The number of hydrogen-bond acceptors (Lipinski definition) is 8. The van der Waals surface area contributed by atoms with Crippen LogP contribution in [0.4, 0.5) is 0 Å². The summed E-state index contributed by atoms with van der Waals surface area (Å²) in [4.78, 5) is 66.5. The van der Waals surface area contributed by atoms with Crippen molar-refractivity contribution in [3.8, 4) is 0 Å². The second kappa shape index (κ2) is 15.0. The number of ketones is 3. The third kappa shape index (κ3) is 10.9. The van der Waals surface area contributed by atoms with Crippen molar-refractivity contribution in [2.75, 3.05) is 13.1 Å². The van der Waals surface area contributed by atoms with E-state index < -0.39 is 29.6 Å². The number of nitrogens with two attached hydrogens (primary N) is 2. The molecule has 1 aromatic heterocycles. The topological polar surface area (TPSA) is 198 Å². The lowest BCUT2D eigenvalue weighted by molar-refractivity contribution is -0.144. The predicted octanol–water partition coefficient (Wildman–Crippen LogP) is -0.117. The third-order valence-corrected chi connectivity index (χ3v) is 5.05. The summed E-state index contributed by atoms with van der Waals surface area (Å²) >= 11 is 0. The Bertz CT molecular complexity index is 765. The summed E-state index contributed by atoms with van der Waals surface area (Å²) in [5.74, 6) is -3.32. The average Bonchev–Trinajstić information content (AvgIpc) is 3.27. The van der Waals surface area contributed by atoms with Crippen LogP contribution in [0.2, 0.25) is 0 Å². The van der Waals surface area contributed by atoms with Gasteiger partial charge in [0.05, 0.1) is 24.8 Å². The minimum absolute atomic E-state index is 0.0168. The van der Waals surface area contributed by atoms with E-state index in [1.807, 2.05) is 0 Å². The number of nitrogens with zero attached hydrogens (tertiary/aromatic N) is 1. The Hall–Kier alpha value is -2.92. The van der Waals surface area contributed by atoms with Crippen LogP contribution in [0.5, 0.6) is 0 Å². The van der Waals surface area contributed by atoms with Crippen molar-refractivity contribution in [1.82, 2.24) is 15.3 Å². The molecule has 7 N–H and O–H groups in total. The Labute approximate surface area is 186 Å². The minimum atomic E-state index is -1.07. The van der Waals surface area contributed by atoms with Crippen molar-refractivity contribution >= 4 is 29.2 Å². The number of nitrogens with one attached hydrogen (secondary N) is 2. The Balaban J connectivity index is 2.69. The van der Waals surface area contributed by atoms with Gasteiger partial charge >= 0.3 is 5.97 Å². The molecule has 0 aliphatic rings. The first-order chi connectivity index (χ1) is 15.3. The maximum absolute atomic E-state index is 12.8. The zero-order valence-electron chi connectivity index (χ0n) is 18.2. The number of carbonyl (C=O) groups is 5. The van der Waals surface area contributed by atoms with Crippen LogP contribution < -0.4 is 16.8 Å². The van der Waals surface area contributed by atoms with Crippen LogP contribution in [0, 0.1) is 5.92 Å². The summed E-state index contributed by atoms with van der Waals surface area (Å²) in [5.41, 5.74) is 11.3. The molecule has 0 aliphatic heterocycles. The van der Waals surface area contributed by atoms with E-state index in [1.165, 1.54) is 12.5 Å². The van der Waals surface area contributed by atoms with Gasteiger partial charge in [-0.2, -0.15) is 0 Å². The van der Waals surface area contributed by atoms with Crippen molar-refractivity contribution in [3.05, 3.63) is 18.2 Å². The van der Waals surface area contributed by atoms with Crippen LogP contribution in [0.25, 0.3) is 0 Å². The highest BCUT2D eigenvalue weighted by molar-refractivity contribution is 5.93. The van der Waals surface area contributed by atoms with Crippen molar-refractivity contribution in [2.24, 2.45) is 17.4 Å². The molecule has 2 unspecified atom stereocenters. The van der Waals surface area contributed by atoms with Crippen molar-refractivity contribution in [3.63, 3.8) is 0 Å². The molecule has 0 bridgehead atoms. The minimum Gasteiger partial charge on any atom is -0.481 e. The van der Waals surface area contributed by atoms with E-state index in [-0.39, 0.29) is 56.6 Å². The summed E-state index contributed by atoms with van der Waals surface area (Å²) in [6.45, 7) is 0.312. The molecule has 0 aliphatic carbocycles. The standard InChI is InChI=1S/C21H33N5O6/c22-8-2-1-3-14(21(31)32)9-19(29)18(10-15-12-24-13-25-15)26-20(30)7-6-16(27)4-5-17(28)11-23/h12-14,18H,1-11,22-23H2,(H,24,25)(H,26,30)(H,31,32). The number of aromatic amines is 1. The first-order valence-electron chi connectivity index (χ1n) is 10.7. The number of aromatic nitrogens is 2. The van der Waals surface area contributed by atoms with Crippen molar-refractivity contribution in [1.29, 1.82) is 0 Å². The molecule has 2 atom stereocenters.